The summed E-state index contributed by atoms with van der Waals surface area (Å²) in [4.78, 5) is 16.2. The molecule has 1 atom stereocenters. The number of hydrogen-bond acceptors (Lipinski definition) is 3. The normalized spacial score (nSPS) is 12.5. The summed E-state index contributed by atoms with van der Waals surface area (Å²) in [5, 5.41) is 3.17. The summed E-state index contributed by atoms with van der Waals surface area (Å²) >= 11 is 1.69. The van der Waals surface area contributed by atoms with Gasteiger partial charge in [-0.2, -0.15) is 0 Å². The molecule has 3 rings (SSSR count). The number of methoxy groups -OCH3 is 1. The summed E-state index contributed by atoms with van der Waals surface area (Å²) in [6.07, 6.45) is 2.53. The quantitative estimate of drug-likeness (QED) is 0.761. The third-order valence-electron chi connectivity index (χ3n) is 3.67. The number of fused-ring (bicyclic) bond motifs is 1. The first-order valence-corrected chi connectivity index (χ1v) is 7.75. The van der Waals surface area contributed by atoms with Gasteiger partial charge < -0.3 is 9.72 Å². The van der Waals surface area contributed by atoms with E-state index in [9.17, 15) is 4.79 Å². The molecule has 108 valence electrons. The lowest BCUT2D eigenvalue weighted by molar-refractivity contribution is -0.117. The number of carbonyl (C=O) groups excluding carboxylic acids is 1. The summed E-state index contributed by atoms with van der Waals surface area (Å²) in [6.45, 7) is 1.65. The van der Waals surface area contributed by atoms with Gasteiger partial charge in [0.25, 0.3) is 0 Å². The molecule has 0 spiro atoms. The smallest absolute Gasteiger partial charge is 0.130 e. The maximum atomic E-state index is 11.7. The van der Waals surface area contributed by atoms with Crippen LogP contribution in [-0.2, 0) is 4.79 Å². The zero-order valence-electron chi connectivity index (χ0n) is 12.1. The van der Waals surface area contributed by atoms with Gasteiger partial charge in [-0.3, -0.25) is 4.79 Å². The molecule has 0 radical (unpaired) electrons. The fourth-order valence-corrected chi connectivity index (χ4v) is 3.52. The second-order valence-corrected chi connectivity index (χ2v) is 6.11. The van der Waals surface area contributed by atoms with Crippen LogP contribution in [0.3, 0.4) is 0 Å². The fourth-order valence-electron chi connectivity index (χ4n) is 2.68. The maximum Gasteiger partial charge on any atom is 0.130 e. The molecular weight excluding hydrogens is 282 g/mol. The molecule has 1 aromatic carbocycles. The molecule has 0 aliphatic heterocycles. The average Bonchev–Trinajstić information content (AvgIpc) is 3.13. The molecule has 0 bridgehead atoms. The van der Waals surface area contributed by atoms with Crippen molar-refractivity contribution in [3.8, 4) is 5.75 Å². The SMILES string of the molecule is COc1ccc2[nH]cc(C(CC(C)=O)c3cccs3)c2c1. The van der Waals surface area contributed by atoms with Crippen LogP contribution in [0, 0.1) is 0 Å². The van der Waals surface area contributed by atoms with E-state index in [1.807, 2.05) is 30.5 Å². The number of aromatic amines is 1. The van der Waals surface area contributed by atoms with E-state index < -0.39 is 0 Å². The van der Waals surface area contributed by atoms with Crippen LogP contribution < -0.4 is 4.74 Å². The Hall–Kier alpha value is -2.07. The van der Waals surface area contributed by atoms with Crippen LogP contribution in [0.1, 0.15) is 29.7 Å². The van der Waals surface area contributed by atoms with E-state index in [0.717, 1.165) is 22.2 Å². The highest BCUT2D eigenvalue weighted by Gasteiger charge is 2.21. The summed E-state index contributed by atoms with van der Waals surface area (Å²) < 4.78 is 5.32. The van der Waals surface area contributed by atoms with Crippen LogP contribution >= 0.6 is 11.3 Å². The van der Waals surface area contributed by atoms with Crippen LogP contribution in [0.4, 0.5) is 0 Å². The van der Waals surface area contributed by atoms with Crippen molar-refractivity contribution in [2.24, 2.45) is 0 Å². The van der Waals surface area contributed by atoms with E-state index in [0.29, 0.717) is 6.42 Å². The number of benzene rings is 1. The van der Waals surface area contributed by atoms with Crippen molar-refractivity contribution >= 4 is 28.0 Å². The summed E-state index contributed by atoms with van der Waals surface area (Å²) in [5.74, 6) is 1.13. The highest BCUT2D eigenvalue weighted by Crippen LogP contribution is 2.36. The van der Waals surface area contributed by atoms with E-state index in [1.165, 1.54) is 4.88 Å². The Bertz CT molecular complexity index is 758. The number of H-pyrrole nitrogens is 1. The van der Waals surface area contributed by atoms with Crippen molar-refractivity contribution in [1.29, 1.82) is 0 Å². The Labute approximate surface area is 127 Å². The van der Waals surface area contributed by atoms with Crippen molar-refractivity contribution in [2.45, 2.75) is 19.3 Å². The number of carbonyl (C=O) groups is 1. The minimum atomic E-state index is 0.100. The molecule has 3 nitrogen and oxygen atoms in total. The van der Waals surface area contributed by atoms with Gasteiger partial charge >= 0.3 is 0 Å². The van der Waals surface area contributed by atoms with Crippen molar-refractivity contribution in [3.05, 3.63) is 52.3 Å². The maximum absolute atomic E-state index is 11.7. The first kappa shape index (κ1) is 13.9. The molecule has 0 amide bonds. The molecule has 0 fully saturated rings. The molecule has 1 unspecified atom stereocenters. The van der Waals surface area contributed by atoms with Gasteiger partial charge in [0.2, 0.25) is 0 Å². The van der Waals surface area contributed by atoms with Crippen LogP contribution in [0.15, 0.2) is 41.9 Å². The predicted octanol–water partition coefficient (Wildman–Crippen LogP) is 4.35. The van der Waals surface area contributed by atoms with Gasteiger partial charge in [0.05, 0.1) is 7.11 Å². The van der Waals surface area contributed by atoms with Gasteiger partial charge in [0.15, 0.2) is 0 Å². The summed E-state index contributed by atoms with van der Waals surface area (Å²) in [6, 6.07) is 10.1. The van der Waals surface area contributed by atoms with Crippen LogP contribution in [0.5, 0.6) is 5.75 Å². The van der Waals surface area contributed by atoms with Gasteiger partial charge in [-0.25, -0.2) is 0 Å². The summed E-state index contributed by atoms with van der Waals surface area (Å²) in [5.41, 5.74) is 2.22. The number of Topliss-reactive ketones (excluding diaryl/α,β-unsaturated/α-hetero) is 1. The minimum absolute atomic E-state index is 0.100. The average molecular weight is 299 g/mol. The van der Waals surface area contributed by atoms with Crippen LogP contribution in [0.25, 0.3) is 10.9 Å². The van der Waals surface area contributed by atoms with E-state index >= 15 is 0 Å². The highest BCUT2D eigenvalue weighted by molar-refractivity contribution is 7.10. The van der Waals surface area contributed by atoms with Gasteiger partial charge in [0.1, 0.15) is 11.5 Å². The van der Waals surface area contributed by atoms with E-state index in [2.05, 4.69) is 16.4 Å². The number of hydrogen-bond donors (Lipinski definition) is 1. The molecule has 2 heterocycles. The zero-order valence-corrected chi connectivity index (χ0v) is 12.9. The number of rotatable bonds is 5. The molecule has 0 saturated carbocycles. The standard InChI is InChI=1S/C17H17NO2S/c1-11(19)8-14(17-4-3-7-21-17)15-10-18-16-6-5-12(20-2)9-13(15)16/h3-7,9-10,14,18H,8H2,1-2H3. The van der Waals surface area contributed by atoms with Crippen LogP contribution in [0.2, 0.25) is 0 Å². The number of ether oxygens (including phenoxy) is 1. The predicted molar refractivity (Wildman–Crippen MR) is 86.3 cm³/mol. The number of thiophene rings is 1. The Morgan fingerprint density at radius 2 is 2.24 bits per heavy atom. The lowest BCUT2D eigenvalue weighted by Crippen LogP contribution is -2.04. The van der Waals surface area contributed by atoms with Gasteiger partial charge in [-0.05, 0) is 42.1 Å². The molecule has 21 heavy (non-hydrogen) atoms. The van der Waals surface area contributed by atoms with Gasteiger partial charge in [0, 0.05) is 34.3 Å². The topological polar surface area (TPSA) is 42.1 Å². The second-order valence-electron chi connectivity index (χ2n) is 5.13. The first-order chi connectivity index (χ1) is 10.2. The number of nitrogens with one attached hydrogen (secondary N) is 1. The molecule has 0 aliphatic rings. The molecular formula is C17H17NO2S. The monoisotopic (exact) mass is 299 g/mol. The molecule has 0 aliphatic carbocycles. The van der Waals surface area contributed by atoms with Crippen LogP contribution in [-0.4, -0.2) is 17.9 Å². The van der Waals surface area contributed by atoms with E-state index in [-0.39, 0.29) is 11.7 Å². The molecule has 2 aromatic heterocycles. The van der Waals surface area contributed by atoms with Crippen molar-refractivity contribution in [1.82, 2.24) is 4.98 Å². The van der Waals surface area contributed by atoms with Crippen molar-refractivity contribution in [3.63, 3.8) is 0 Å². The molecule has 0 saturated heterocycles. The first-order valence-electron chi connectivity index (χ1n) is 6.87. The zero-order chi connectivity index (χ0) is 14.8. The minimum Gasteiger partial charge on any atom is -0.497 e. The number of aromatic nitrogens is 1. The fraction of sp³-hybridized carbons (Fsp3) is 0.235. The third kappa shape index (κ3) is 2.72. The van der Waals surface area contributed by atoms with Crippen molar-refractivity contribution < 1.29 is 9.53 Å². The van der Waals surface area contributed by atoms with E-state index in [1.54, 1.807) is 25.4 Å². The van der Waals surface area contributed by atoms with E-state index in [4.69, 9.17) is 4.74 Å². The number of ketones is 1. The second kappa shape index (κ2) is 5.74. The van der Waals surface area contributed by atoms with Gasteiger partial charge in [-0.15, -0.1) is 11.3 Å². The molecule has 1 N–H and O–H groups in total. The third-order valence-corrected chi connectivity index (χ3v) is 4.66. The lowest BCUT2D eigenvalue weighted by Gasteiger charge is -2.13. The lowest BCUT2D eigenvalue weighted by atomic mass is 9.92. The Morgan fingerprint density at radius 3 is 2.90 bits per heavy atom. The highest BCUT2D eigenvalue weighted by atomic mass is 32.1. The largest absolute Gasteiger partial charge is 0.497 e. The van der Waals surface area contributed by atoms with Crippen molar-refractivity contribution in [2.75, 3.05) is 7.11 Å². The summed E-state index contributed by atoms with van der Waals surface area (Å²) in [7, 11) is 1.67. The Kier molecular flexibility index (Phi) is 3.80. The molecule has 3 aromatic rings. The molecule has 4 heteroatoms. The van der Waals surface area contributed by atoms with Gasteiger partial charge in [-0.1, -0.05) is 6.07 Å². The Morgan fingerprint density at radius 1 is 1.38 bits per heavy atom. The Balaban J connectivity index is 2.12.